The molecule has 0 saturated carbocycles. The Kier molecular flexibility index (Phi) is 4.82. The zero-order chi connectivity index (χ0) is 23.2. The fourth-order valence-electron chi connectivity index (χ4n) is 4.04. The topological polar surface area (TPSA) is 117 Å². The monoisotopic (exact) mass is 460 g/mol. The van der Waals surface area contributed by atoms with Crippen LogP contribution in [0.4, 0.5) is 22.7 Å². The normalized spacial score (nSPS) is 18.9. The summed E-state index contributed by atoms with van der Waals surface area (Å²) in [6.07, 6.45) is 0. The van der Waals surface area contributed by atoms with Crippen molar-refractivity contribution >= 4 is 45.8 Å². The first-order chi connectivity index (χ1) is 15.9. The Hall–Kier alpha value is -4.25. The molecule has 3 aromatic rings. The van der Waals surface area contributed by atoms with Gasteiger partial charge in [-0.05, 0) is 25.1 Å². The lowest BCUT2D eigenvalue weighted by molar-refractivity contribution is -0.393. The minimum Gasteiger partial charge on any atom is -0.258 e. The maximum atomic E-state index is 11.9. The molecule has 10 nitrogen and oxygen atoms in total. The molecule has 0 fully saturated rings. The van der Waals surface area contributed by atoms with Crippen LogP contribution in [0.25, 0.3) is 0 Å². The third kappa shape index (κ3) is 3.12. The number of thioether (sulfide) groups is 1. The van der Waals surface area contributed by atoms with Gasteiger partial charge in [0.25, 0.3) is 5.69 Å². The maximum absolute atomic E-state index is 11.9. The van der Waals surface area contributed by atoms with Gasteiger partial charge in [0.1, 0.15) is 5.69 Å². The highest BCUT2D eigenvalue weighted by Gasteiger charge is 2.53. The zero-order valence-electron chi connectivity index (χ0n) is 17.2. The van der Waals surface area contributed by atoms with E-state index in [-0.39, 0.29) is 11.4 Å². The summed E-state index contributed by atoms with van der Waals surface area (Å²) < 4.78 is 0. The molecule has 1 atom stereocenters. The van der Waals surface area contributed by atoms with Gasteiger partial charge in [-0.1, -0.05) is 54.2 Å². The molecule has 0 saturated heterocycles. The van der Waals surface area contributed by atoms with Gasteiger partial charge < -0.3 is 0 Å². The average Bonchev–Trinajstić information content (AvgIpc) is 3.26. The number of rotatable bonds is 4. The Balaban J connectivity index is 1.78. The molecule has 11 heteroatoms. The van der Waals surface area contributed by atoms with E-state index in [1.165, 1.54) is 28.9 Å². The minimum atomic E-state index is -1.11. The largest absolute Gasteiger partial charge is 0.301 e. The van der Waals surface area contributed by atoms with Crippen LogP contribution in [0, 0.1) is 20.2 Å². The van der Waals surface area contributed by atoms with E-state index in [0.717, 1.165) is 28.6 Å². The number of para-hydroxylation sites is 1. The van der Waals surface area contributed by atoms with Crippen LogP contribution in [-0.2, 0) is 4.99 Å². The van der Waals surface area contributed by atoms with E-state index < -0.39 is 20.5 Å². The summed E-state index contributed by atoms with van der Waals surface area (Å²) in [7, 11) is 0. The van der Waals surface area contributed by atoms with Crippen molar-refractivity contribution in [2.24, 2.45) is 10.2 Å². The average molecular weight is 460 g/mol. The van der Waals surface area contributed by atoms with Crippen LogP contribution in [0.15, 0.2) is 83.0 Å². The molecular formula is C22H16N6O4S. The van der Waals surface area contributed by atoms with Crippen molar-refractivity contribution in [3.8, 4) is 0 Å². The Bertz CT molecular complexity index is 1350. The van der Waals surface area contributed by atoms with Crippen LogP contribution in [0.2, 0.25) is 0 Å². The number of benzene rings is 3. The molecule has 0 radical (unpaired) electrons. The SMILES string of the molecule is CC1=NN(c2ccccc2)[C@@]2(SC=NN2c2ccc([N+](=O)[O-])cc2[N+](=O)[O-])c2ccccc21. The van der Waals surface area contributed by atoms with E-state index >= 15 is 0 Å². The third-order valence-electron chi connectivity index (χ3n) is 5.47. The second-order valence-electron chi connectivity index (χ2n) is 7.32. The van der Waals surface area contributed by atoms with Gasteiger partial charge in [0.15, 0.2) is 0 Å². The molecule has 2 heterocycles. The van der Waals surface area contributed by atoms with Crippen LogP contribution in [0.1, 0.15) is 18.1 Å². The first kappa shape index (κ1) is 20.6. The third-order valence-corrected chi connectivity index (χ3v) is 6.56. The number of non-ortho nitro benzene ring substituents is 1. The molecule has 33 heavy (non-hydrogen) atoms. The highest BCUT2D eigenvalue weighted by molar-refractivity contribution is 8.13. The van der Waals surface area contributed by atoms with Gasteiger partial charge in [0, 0.05) is 17.2 Å². The molecule has 2 aliphatic heterocycles. The molecule has 0 aromatic heterocycles. The molecule has 0 bridgehead atoms. The van der Waals surface area contributed by atoms with Gasteiger partial charge in [0.2, 0.25) is 4.99 Å². The summed E-state index contributed by atoms with van der Waals surface area (Å²) in [5.41, 5.74) is 4.22. The van der Waals surface area contributed by atoms with Gasteiger partial charge in [-0.15, -0.1) is 0 Å². The predicted molar refractivity (Wildman–Crippen MR) is 128 cm³/mol. The number of hydrogen-bond acceptors (Lipinski definition) is 9. The van der Waals surface area contributed by atoms with E-state index in [1.54, 1.807) is 10.6 Å². The number of nitrogens with zero attached hydrogens (tertiary/aromatic N) is 6. The van der Waals surface area contributed by atoms with Gasteiger partial charge in [0.05, 0.1) is 32.9 Å². The second kappa shape index (κ2) is 7.71. The van der Waals surface area contributed by atoms with Gasteiger partial charge in [-0.2, -0.15) is 10.2 Å². The molecular weight excluding hydrogens is 444 g/mol. The van der Waals surface area contributed by atoms with Gasteiger partial charge in [-0.25, -0.2) is 10.0 Å². The smallest absolute Gasteiger partial charge is 0.258 e. The second-order valence-corrected chi connectivity index (χ2v) is 8.34. The summed E-state index contributed by atoms with van der Waals surface area (Å²) in [6.45, 7) is 1.90. The number of nitro groups is 2. The van der Waals surface area contributed by atoms with Crippen LogP contribution in [-0.4, -0.2) is 21.1 Å². The van der Waals surface area contributed by atoms with Crippen molar-refractivity contribution in [3.63, 3.8) is 0 Å². The number of nitro benzene ring substituents is 2. The van der Waals surface area contributed by atoms with Crippen LogP contribution in [0.5, 0.6) is 0 Å². The fourth-order valence-corrected chi connectivity index (χ4v) is 5.12. The highest BCUT2D eigenvalue weighted by Crippen LogP contribution is 2.54. The molecule has 0 unspecified atom stereocenters. The van der Waals surface area contributed by atoms with Crippen molar-refractivity contribution in [2.75, 3.05) is 10.0 Å². The predicted octanol–water partition coefficient (Wildman–Crippen LogP) is 5.05. The number of fused-ring (bicyclic) bond motifs is 2. The molecule has 0 aliphatic carbocycles. The van der Waals surface area contributed by atoms with E-state index in [2.05, 4.69) is 5.10 Å². The van der Waals surface area contributed by atoms with Crippen LogP contribution < -0.4 is 10.0 Å². The van der Waals surface area contributed by atoms with Crippen LogP contribution in [0.3, 0.4) is 0 Å². The summed E-state index contributed by atoms with van der Waals surface area (Å²) in [5, 5.41) is 35.8. The van der Waals surface area contributed by atoms with Crippen molar-refractivity contribution in [2.45, 2.75) is 11.9 Å². The minimum absolute atomic E-state index is 0.123. The Morgan fingerprint density at radius 2 is 1.64 bits per heavy atom. The number of hydrogen-bond donors (Lipinski definition) is 0. The lowest BCUT2D eigenvalue weighted by atomic mass is 9.98. The summed E-state index contributed by atoms with van der Waals surface area (Å²) in [6, 6.07) is 20.7. The van der Waals surface area contributed by atoms with Crippen molar-refractivity contribution < 1.29 is 9.85 Å². The summed E-state index contributed by atoms with van der Waals surface area (Å²) in [5.74, 6) is 0. The zero-order valence-corrected chi connectivity index (χ0v) is 18.0. The lowest BCUT2D eigenvalue weighted by Crippen LogP contribution is -2.53. The molecule has 2 aliphatic rings. The quantitative estimate of drug-likeness (QED) is 0.395. The fraction of sp³-hybridized carbons (Fsp3) is 0.0909. The Morgan fingerprint density at radius 3 is 2.36 bits per heavy atom. The van der Waals surface area contributed by atoms with E-state index in [0.29, 0.717) is 0 Å². The standard InChI is InChI=1S/C22H16N6O4S/c1-15-18-9-5-6-10-19(18)22(25(24-15)16-7-3-2-4-8-16)26(23-14-33-22)20-12-11-17(27(29)30)13-21(20)28(31)32/h2-14H,1H3/t22-/m0/s1. The summed E-state index contributed by atoms with van der Waals surface area (Å²) >= 11 is 1.34. The van der Waals surface area contributed by atoms with Crippen molar-refractivity contribution in [3.05, 3.63) is 104 Å². The number of hydrazone groups is 2. The molecule has 0 N–H and O–H groups in total. The highest BCUT2D eigenvalue weighted by atomic mass is 32.2. The molecule has 0 amide bonds. The Labute approximate surface area is 192 Å². The van der Waals surface area contributed by atoms with Crippen LogP contribution >= 0.6 is 11.8 Å². The van der Waals surface area contributed by atoms with Gasteiger partial charge >= 0.3 is 5.69 Å². The maximum Gasteiger partial charge on any atom is 0.301 e. The first-order valence-electron chi connectivity index (χ1n) is 9.87. The van der Waals surface area contributed by atoms with Crippen molar-refractivity contribution in [1.29, 1.82) is 0 Å². The van der Waals surface area contributed by atoms with E-state index in [1.807, 2.05) is 61.5 Å². The first-order valence-corrected chi connectivity index (χ1v) is 10.7. The molecule has 5 rings (SSSR count). The molecule has 164 valence electrons. The van der Waals surface area contributed by atoms with E-state index in [4.69, 9.17) is 5.10 Å². The van der Waals surface area contributed by atoms with E-state index in [9.17, 15) is 20.2 Å². The van der Waals surface area contributed by atoms with Crippen molar-refractivity contribution in [1.82, 2.24) is 0 Å². The summed E-state index contributed by atoms with van der Waals surface area (Å²) in [4.78, 5) is 20.8. The molecule has 1 spiro atoms. The van der Waals surface area contributed by atoms with Gasteiger partial charge in [-0.3, -0.25) is 20.2 Å². The lowest BCUT2D eigenvalue weighted by Gasteiger charge is -2.46. The molecule has 3 aromatic carbocycles. The number of anilines is 2. The Morgan fingerprint density at radius 1 is 0.909 bits per heavy atom.